The zero-order valence-electron chi connectivity index (χ0n) is 8.49. The molecule has 4 heteroatoms. The Morgan fingerprint density at radius 3 is 2.60 bits per heavy atom. The smallest absolute Gasteiger partial charge is 0.207 e. The van der Waals surface area contributed by atoms with E-state index in [2.05, 4.69) is 5.32 Å². The molecule has 0 aliphatic heterocycles. The van der Waals surface area contributed by atoms with Gasteiger partial charge in [0, 0.05) is 12.1 Å². The van der Waals surface area contributed by atoms with Crippen LogP contribution in [0.25, 0.3) is 0 Å². The minimum Gasteiger partial charge on any atom is -0.384 e. The van der Waals surface area contributed by atoms with Crippen LogP contribution in [0.15, 0.2) is 24.3 Å². The van der Waals surface area contributed by atoms with Crippen LogP contribution in [-0.2, 0) is 11.2 Å². The zero-order chi connectivity index (χ0) is 11.1. The first kappa shape index (κ1) is 11.2. The van der Waals surface area contributed by atoms with Crippen LogP contribution in [0.3, 0.4) is 0 Å². The van der Waals surface area contributed by atoms with Gasteiger partial charge in [-0.1, -0.05) is 24.3 Å². The summed E-state index contributed by atoms with van der Waals surface area (Å²) in [5, 5.41) is 9.84. The average molecular weight is 205 g/mol. The topological polar surface area (TPSA) is 79.0 Å². The zero-order valence-corrected chi connectivity index (χ0v) is 8.49. The van der Waals surface area contributed by atoms with Gasteiger partial charge in [-0.15, -0.1) is 0 Å². The molecule has 0 bridgehead atoms. The van der Waals surface area contributed by atoms with E-state index in [1.165, 1.54) is 5.56 Å². The molecule has 0 spiro atoms. The van der Waals surface area contributed by atoms with Crippen LogP contribution >= 0.6 is 0 Å². The van der Waals surface area contributed by atoms with Gasteiger partial charge < -0.3 is 11.1 Å². The van der Waals surface area contributed by atoms with E-state index >= 15 is 0 Å². The number of carbonyl (C=O) groups excluding carboxylic acids is 1. The molecule has 0 radical (unpaired) electrons. The van der Waals surface area contributed by atoms with Gasteiger partial charge in [-0.3, -0.25) is 10.2 Å². The van der Waals surface area contributed by atoms with Gasteiger partial charge in [-0.2, -0.15) is 0 Å². The SMILES string of the molecule is N=C(N)c1ccc(CCCNC=O)cc1. The molecule has 0 aliphatic carbocycles. The van der Waals surface area contributed by atoms with Gasteiger partial charge in [0.25, 0.3) is 0 Å². The van der Waals surface area contributed by atoms with E-state index in [0.29, 0.717) is 13.0 Å². The molecule has 4 N–H and O–H groups in total. The maximum Gasteiger partial charge on any atom is 0.207 e. The Hall–Kier alpha value is -1.84. The third-order valence-electron chi connectivity index (χ3n) is 2.13. The molecule has 0 aromatic heterocycles. The third-order valence-corrected chi connectivity index (χ3v) is 2.13. The van der Waals surface area contributed by atoms with E-state index in [1.54, 1.807) is 0 Å². The standard InChI is InChI=1S/C11H15N3O/c12-11(13)10-5-3-9(4-6-10)2-1-7-14-8-15/h3-6,8H,1-2,7H2,(H3,12,13)(H,14,15). The molecular weight excluding hydrogens is 190 g/mol. The van der Waals surface area contributed by atoms with Crippen molar-refractivity contribution in [2.24, 2.45) is 5.73 Å². The lowest BCUT2D eigenvalue weighted by Gasteiger charge is -2.02. The second-order valence-corrected chi connectivity index (χ2v) is 3.29. The van der Waals surface area contributed by atoms with Crippen molar-refractivity contribution in [2.45, 2.75) is 12.8 Å². The molecule has 1 amide bonds. The Labute approximate surface area is 89.0 Å². The molecule has 0 unspecified atom stereocenters. The molecule has 0 atom stereocenters. The summed E-state index contributed by atoms with van der Waals surface area (Å²) in [7, 11) is 0. The van der Waals surface area contributed by atoms with Crippen molar-refractivity contribution >= 4 is 12.2 Å². The van der Waals surface area contributed by atoms with Crippen molar-refractivity contribution in [1.82, 2.24) is 5.32 Å². The summed E-state index contributed by atoms with van der Waals surface area (Å²) in [6, 6.07) is 7.59. The Morgan fingerprint density at radius 1 is 1.40 bits per heavy atom. The molecule has 1 rings (SSSR count). The largest absolute Gasteiger partial charge is 0.384 e. The molecule has 4 nitrogen and oxygen atoms in total. The monoisotopic (exact) mass is 205 g/mol. The number of amidine groups is 1. The molecule has 0 saturated heterocycles. The number of amides is 1. The number of nitrogens with two attached hydrogens (primary N) is 1. The van der Waals surface area contributed by atoms with Crippen LogP contribution in [-0.4, -0.2) is 18.8 Å². The summed E-state index contributed by atoms with van der Waals surface area (Å²) in [5.41, 5.74) is 7.27. The molecule has 0 heterocycles. The molecule has 0 aliphatic rings. The van der Waals surface area contributed by atoms with Crippen LogP contribution < -0.4 is 11.1 Å². The first-order valence-electron chi connectivity index (χ1n) is 4.84. The van der Waals surface area contributed by atoms with Crippen LogP contribution in [0.1, 0.15) is 17.5 Å². The number of hydrogen-bond donors (Lipinski definition) is 3. The Balaban J connectivity index is 2.42. The molecule has 1 aromatic rings. The highest BCUT2D eigenvalue weighted by Gasteiger charge is 1.96. The highest BCUT2D eigenvalue weighted by Crippen LogP contribution is 2.05. The van der Waals surface area contributed by atoms with Crippen LogP contribution in [0.5, 0.6) is 0 Å². The van der Waals surface area contributed by atoms with Crippen LogP contribution in [0.2, 0.25) is 0 Å². The molecule has 0 fully saturated rings. The van der Waals surface area contributed by atoms with Gasteiger partial charge in [-0.05, 0) is 18.4 Å². The van der Waals surface area contributed by atoms with Crippen molar-refractivity contribution in [1.29, 1.82) is 5.41 Å². The summed E-state index contributed by atoms with van der Waals surface area (Å²) in [5.74, 6) is 0.0872. The normalized spacial score (nSPS) is 9.60. The number of aryl methyl sites for hydroxylation is 1. The molecule has 0 saturated carbocycles. The summed E-state index contributed by atoms with van der Waals surface area (Å²) in [6.07, 6.45) is 2.54. The number of carbonyl (C=O) groups is 1. The minimum absolute atomic E-state index is 0.0872. The predicted molar refractivity (Wildman–Crippen MR) is 59.8 cm³/mol. The van der Waals surface area contributed by atoms with E-state index in [-0.39, 0.29) is 5.84 Å². The predicted octanol–water partition coefficient (Wildman–Crippen LogP) is 0.649. The quantitative estimate of drug-likeness (QED) is 0.276. The molecule has 15 heavy (non-hydrogen) atoms. The van der Waals surface area contributed by atoms with Gasteiger partial charge in [0.05, 0.1) is 0 Å². The van der Waals surface area contributed by atoms with E-state index in [1.807, 2.05) is 24.3 Å². The van der Waals surface area contributed by atoms with Crippen LogP contribution in [0, 0.1) is 5.41 Å². The Kier molecular flexibility index (Phi) is 4.34. The summed E-state index contributed by atoms with van der Waals surface area (Å²) in [4.78, 5) is 9.99. The van der Waals surface area contributed by atoms with Gasteiger partial charge in [0.2, 0.25) is 6.41 Å². The Bertz CT molecular complexity index is 332. The number of benzene rings is 1. The average Bonchev–Trinajstić information content (AvgIpc) is 2.25. The van der Waals surface area contributed by atoms with Gasteiger partial charge in [0.15, 0.2) is 0 Å². The lowest BCUT2D eigenvalue weighted by atomic mass is 10.1. The summed E-state index contributed by atoms with van der Waals surface area (Å²) >= 11 is 0. The van der Waals surface area contributed by atoms with Gasteiger partial charge in [0.1, 0.15) is 5.84 Å². The molecule has 80 valence electrons. The van der Waals surface area contributed by atoms with Crippen molar-refractivity contribution in [3.8, 4) is 0 Å². The second-order valence-electron chi connectivity index (χ2n) is 3.29. The second kappa shape index (κ2) is 5.80. The summed E-state index contributed by atoms with van der Waals surface area (Å²) < 4.78 is 0. The maximum atomic E-state index is 9.99. The summed E-state index contributed by atoms with van der Waals surface area (Å²) in [6.45, 7) is 0.692. The van der Waals surface area contributed by atoms with Gasteiger partial charge >= 0.3 is 0 Å². The highest BCUT2D eigenvalue weighted by molar-refractivity contribution is 5.94. The van der Waals surface area contributed by atoms with Crippen molar-refractivity contribution in [2.75, 3.05) is 6.54 Å². The van der Waals surface area contributed by atoms with E-state index in [9.17, 15) is 4.79 Å². The fourth-order valence-electron chi connectivity index (χ4n) is 1.30. The van der Waals surface area contributed by atoms with Crippen LogP contribution in [0.4, 0.5) is 0 Å². The van der Waals surface area contributed by atoms with Gasteiger partial charge in [-0.25, -0.2) is 0 Å². The number of rotatable bonds is 6. The van der Waals surface area contributed by atoms with Crippen molar-refractivity contribution in [3.63, 3.8) is 0 Å². The van der Waals surface area contributed by atoms with Crippen molar-refractivity contribution in [3.05, 3.63) is 35.4 Å². The Morgan fingerprint density at radius 2 is 2.07 bits per heavy atom. The maximum absolute atomic E-state index is 9.99. The van der Waals surface area contributed by atoms with E-state index in [0.717, 1.165) is 18.4 Å². The molecular formula is C11H15N3O. The van der Waals surface area contributed by atoms with Crippen molar-refractivity contribution < 1.29 is 4.79 Å². The lowest BCUT2D eigenvalue weighted by Crippen LogP contribution is -2.13. The van der Waals surface area contributed by atoms with E-state index in [4.69, 9.17) is 11.1 Å². The minimum atomic E-state index is 0.0872. The first-order chi connectivity index (χ1) is 7.24. The molecule has 1 aromatic carbocycles. The fourth-order valence-corrected chi connectivity index (χ4v) is 1.30. The number of nitrogen functional groups attached to an aromatic ring is 1. The number of hydrogen-bond acceptors (Lipinski definition) is 2. The number of nitrogens with one attached hydrogen (secondary N) is 2. The fraction of sp³-hybridized carbons (Fsp3) is 0.273. The highest BCUT2D eigenvalue weighted by atomic mass is 16.1. The lowest BCUT2D eigenvalue weighted by molar-refractivity contribution is -0.109. The first-order valence-corrected chi connectivity index (χ1v) is 4.84. The third kappa shape index (κ3) is 3.81. The van der Waals surface area contributed by atoms with E-state index < -0.39 is 0 Å².